The smallest absolute Gasteiger partial charge is 0.161 e. The summed E-state index contributed by atoms with van der Waals surface area (Å²) >= 11 is 0. The highest BCUT2D eigenvalue weighted by atomic mass is 127. The van der Waals surface area contributed by atoms with Gasteiger partial charge in [-0.15, -0.1) is 0 Å². The molecule has 0 amide bonds. The van der Waals surface area contributed by atoms with Crippen molar-refractivity contribution in [2.45, 2.75) is 37.8 Å². The van der Waals surface area contributed by atoms with Crippen molar-refractivity contribution < 1.29 is 86.1 Å². The maximum atomic E-state index is 11.2. The first-order valence-corrected chi connectivity index (χ1v) is 16.7. The highest BCUT2D eigenvalue weighted by Gasteiger charge is 2.38. The summed E-state index contributed by atoms with van der Waals surface area (Å²) in [5, 5.41) is 22.3. The first kappa shape index (κ1) is 39.8. The molecule has 0 radical (unpaired) electrons. The highest BCUT2D eigenvalue weighted by molar-refractivity contribution is 5.76. The van der Waals surface area contributed by atoms with E-state index in [0.29, 0.717) is 11.1 Å². The van der Waals surface area contributed by atoms with Gasteiger partial charge in [-0.25, -0.2) is 0 Å². The number of hydrogen-bond acceptors (Lipinski definition) is 6. The van der Waals surface area contributed by atoms with Gasteiger partial charge >= 0.3 is 0 Å². The van der Waals surface area contributed by atoms with Crippen LogP contribution in [0.1, 0.15) is 45.5 Å². The summed E-state index contributed by atoms with van der Waals surface area (Å²) in [7, 11) is 15.8. The van der Waals surface area contributed by atoms with E-state index in [4.69, 9.17) is 18.9 Å². The summed E-state index contributed by atoms with van der Waals surface area (Å²) in [4.78, 5) is 0. The lowest BCUT2D eigenvalue weighted by Crippen LogP contribution is -3.00. The Hall–Kier alpha value is -2.94. The van der Waals surface area contributed by atoms with Gasteiger partial charge in [0.1, 0.15) is 23.6 Å². The topological polar surface area (TPSA) is 77.4 Å². The Bertz CT molecular complexity index is 1710. The Morgan fingerprint density at radius 2 is 0.880 bits per heavy atom. The molecule has 8 nitrogen and oxygen atoms in total. The minimum Gasteiger partial charge on any atom is -1.00 e. The zero-order valence-electron chi connectivity index (χ0n) is 30.3. The average molecular weight is 909 g/mol. The number of halogens is 2. The number of methoxy groups -OCH3 is 4. The second kappa shape index (κ2) is 15.7. The summed E-state index contributed by atoms with van der Waals surface area (Å²) < 4.78 is 24.2. The number of phenols is 2. The number of ether oxygens (including phenoxy) is 4. The van der Waals surface area contributed by atoms with Crippen LogP contribution in [0.25, 0.3) is 11.1 Å². The fourth-order valence-electron chi connectivity index (χ4n) is 7.82. The molecule has 6 rings (SSSR count). The minimum atomic E-state index is 0. The van der Waals surface area contributed by atoms with Crippen molar-refractivity contribution in [1.29, 1.82) is 0 Å². The number of fused-ring (bicyclic) bond motifs is 2. The SMILES string of the molecule is COc1cc2c(cc1OC)C(Cc1ccc(O)c(-c3cc(CC4c5cc(OC)c(OC)cc5CC[N+]4(C)C)ccc3O)c1)[N+](C)(C)CC2.[I-].[I-]. The second-order valence-electron chi connectivity index (χ2n) is 14.5. The van der Waals surface area contributed by atoms with Crippen LogP contribution >= 0.6 is 0 Å². The molecule has 0 saturated heterocycles. The van der Waals surface area contributed by atoms with Gasteiger partial charge in [-0.2, -0.15) is 0 Å². The first-order valence-electron chi connectivity index (χ1n) is 16.7. The van der Waals surface area contributed by atoms with Crippen LogP contribution in [0.15, 0.2) is 60.7 Å². The Labute approximate surface area is 331 Å². The van der Waals surface area contributed by atoms with Gasteiger partial charge in [-0.3, -0.25) is 0 Å². The van der Waals surface area contributed by atoms with Crippen molar-refractivity contribution >= 4 is 0 Å². The van der Waals surface area contributed by atoms with Gasteiger partial charge < -0.3 is 86.1 Å². The van der Waals surface area contributed by atoms with Crippen molar-refractivity contribution in [3.63, 3.8) is 0 Å². The van der Waals surface area contributed by atoms with E-state index in [9.17, 15) is 10.2 Å². The second-order valence-corrected chi connectivity index (χ2v) is 14.5. The molecule has 50 heavy (non-hydrogen) atoms. The predicted molar refractivity (Wildman–Crippen MR) is 189 cm³/mol. The van der Waals surface area contributed by atoms with E-state index in [1.807, 2.05) is 24.3 Å². The van der Waals surface area contributed by atoms with E-state index in [1.165, 1.54) is 22.3 Å². The van der Waals surface area contributed by atoms with Crippen LogP contribution in [0, 0.1) is 0 Å². The van der Waals surface area contributed by atoms with Crippen LogP contribution in [-0.4, -0.2) is 88.9 Å². The van der Waals surface area contributed by atoms with Crippen LogP contribution in [0.3, 0.4) is 0 Å². The molecule has 270 valence electrons. The molecule has 4 aromatic carbocycles. The minimum absolute atomic E-state index is 0. The number of likely N-dealkylation sites (N-methyl/N-ethyl adjacent to an activating group) is 2. The van der Waals surface area contributed by atoms with Gasteiger partial charge in [0.25, 0.3) is 0 Å². The van der Waals surface area contributed by atoms with E-state index in [1.54, 1.807) is 40.6 Å². The van der Waals surface area contributed by atoms with Crippen LogP contribution in [0.4, 0.5) is 0 Å². The number of quaternary nitrogens is 2. The molecule has 2 aliphatic heterocycles. The van der Waals surface area contributed by atoms with E-state index >= 15 is 0 Å². The van der Waals surface area contributed by atoms with Crippen molar-refractivity contribution in [2.24, 2.45) is 0 Å². The van der Waals surface area contributed by atoms with Crippen molar-refractivity contribution in [3.05, 3.63) is 94.0 Å². The van der Waals surface area contributed by atoms with Crippen molar-refractivity contribution in [3.8, 4) is 45.6 Å². The lowest BCUT2D eigenvalue weighted by atomic mass is 9.85. The zero-order chi connectivity index (χ0) is 34.4. The molecule has 2 unspecified atom stereocenters. The quantitative estimate of drug-likeness (QED) is 0.190. The van der Waals surface area contributed by atoms with Crippen molar-refractivity contribution in [1.82, 2.24) is 0 Å². The molecule has 2 atom stereocenters. The Morgan fingerprint density at radius 3 is 1.22 bits per heavy atom. The molecule has 0 spiro atoms. The maximum absolute atomic E-state index is 11.2. The third-order valence-electron chi connectivity index (χ3n) is 10.9. The van der Waals surface area contributed by atoms with Gasteiger partial charge in [0.2, 0.25) is 0 Å². The standard InChI is InChI=1S/C40H48N2O6.2HI/c1-41(2)15-13-27-21-37(45-5)39(47-7)23-29(27)33(41)19-25-9-11-35(43)31(17-25)32-18-26(10-12-36(32)44)20-34-30-24-40(48-8)38(46-6)22-28(30)14-16-42(34,3)4;;/h9-12,17-18,21-24,33-34H,13-16,19-20H2,1-8H3;2*1H. The molecule has 0 saturated carbocycles. The molecule has 0 bridgehead atoms. The lowest BCUT2D eigenvalue weighted by Gasteiger charge is -2.43. The molecule has 0 aromatic heterocycles. The molecular weight excluding hydrogens is 858 g/mol. The summed E-state index contributed by atoms with van der Waals surface area (Å²) in [6.45, 7) is 2.00. The average Bonchev–Trinajstić information content (AvgIpc) is 3.07. The summed E-state index contributed by atoms with van der Waals surface area (Å²) in [5.74, 6) is 3.26. The van der Waals surface area contributed by atoms with Gasteiger partial charge in [-0.1, -0.05) is 12.1 Å². The molecule has 10 heteroatoms. The van der Waals surface area contributed by atoms with E-state index in [2.05, 4.69) is 52.5 Å². The number of nitrogens with zero attached hydrogens (tertiary/aromatic N) is 2. The van der Waals surface area contributed by atoms with Gasteiger partial charge in [0.05, 0.1) is 69.7 Å². The number of aromatic hydroxyl groups is 2. The van der Waals surface area contributed by atoms with Crippen LogP contribution in [0.2, 0.25) is 0 Å². The van der Waals surface area contributed by atoms with E-state index < -0.39 is 0 Å². The molecule has 4 aromatic rings. The Balaban J connectivity index is 0.00000281. The Morgan fingerprint density at radius 1 is 0.540 bits per heavy atom. The lowest BCUT2D eigenvalue weighted by molar-refractivity contribution is -0.923. The fraction of sp³-hybridized carbons (Fsp3) is 0.400. The highest BCUT2D eigenvalue weighted by Crippen LogP contribution is 2.45. The summed E-state index contributed by atoms with van der Waals surface area (Å²) in [6.07, 6.45) is 3.45. The number of phenolic OH excluding ortho intramolecular Hbond substituents is 2. The molecule has 0 aliphatic carbocycles. The van der Waals surface area contributed by atoms with Gasteiger partial charge in [0, 0.05) is 47.9 Å². The maximum Gasteiger partial charge on any atom is 0.161 e. The zero-order valence-corrected chi connectivity index (χ0v) is 34.7. The monoisotopic (exact) mass is 908 g/mol. The van der Waals surface area contributed by atoms with Crippen LogP contribution < -0.4 is 66.9 Å². The summed E-state index contributed by atoms with van der Waals surface area (Å²) in [6, 6.07) is 20.4. The molecule has 0 fully saturated rings. The molecule has 2 aliphatic rings. The number of benzene rings is 4. The van der Waals surface area contributed by atoms with E-state index in [0.717, 1.165) is 81.9 Å². The molecular formula is C40H50I2N2O6. The van der Waals surface area contributed by atoms with Gasteiger partial charge in [0.15, 0.2) is 23.0 Å². The first-order chi connectivity index (χ1) is 22.9. The Kier molecular flexibility index (Phi) is 12.5. The van der Waals surface area contributed by atoms with Crippen LogP contribution in [0.5, 0.6) is 34.5 Å². The fourth-order valence-corrected chi connectivity index (χ4v) is 7.82. The number of hydrogen-bond donors (Lipinski definition) is 2. The number of rotatable bonds is 9. The van der Waals surface area contributed by atoms with Crippen molar-refractivity contribution in [2.75, 3.05) is 69.7 Å². The largest absolute Gasteiger partial charge is 1.00 e. The van der Waals surface area contributed by atoms with Gasteiger partial charge in [-0.05, 0) is 70.8 Å². The third-order valence-corrected chi connectivity index (χ3v) is 10.9. The summed E-state index contributed by atoms with van der Waals surface area (Å²) in [5.41, 5.74) is 8.51. The normalized spacial score (nSPS) is 18.4. The molecule has 2 heterocycles. The third kappa shape index (κ3) is 7.63. The van der Waals surface area contributed by atoms with Crippen LogP contribution in [-0.2, 0) is 25.7 Å². The van der Waals surface area contributed by atoms with E-state index in [-0.39, 0.29) is 71.5 Å². The molecule has 2 N–H and O–H groups in total. The predicted octanol–water partition coefficient (Wildman–Crippen LogP) is 0.640.